The van der Waals surface area contributed by atoms with Gasteiger partial charge in [0, 0.05) is 22.6 Å². The zero-order valence-corrected chi connectivity index (χ0v) is 18.8. The van der Waals surface area contributed by atoms with E-state index in [4.69, 9.17) is 4.74 Å². The third-order valence-electron chi connectivity index (χ3n) is 6.40. The van der Waals surface area contributed by atoms with Crippen LogP contribution in [0.1, 0.15) is 17.5 Å². The Morgan fingerprint density at radius 1 is 0.743 bits per heavy atom. The van der Waals surface area contributed by atoms with Crippen molar-refractivity contribution in [3.05, 3.63) is 119 Å². The van der Waals surface area contributed by atoms with Gasteiger partial charge in [-0.15, -0.1) is 0 Å². The van der Waals surface area contributed by atoms with E-state index in [1.807, 2.05) is 0 Å². The molecular weight excluding hydrogens is 452 g/mol. The SMILES string of the molecule is C=Cc1ccc(-c2ccc(-c3ccc(/C=C/C4=CCC(C5CO5)C(F)=C4F)cc3)c(F)c2F)cc1. The van der Waals surface area contributed by atoms with Crippen LogP contribution in [0.2, 0.25) is 0 Å². The summed E-state index contributed by atoms with van der Waals surface area (Å²) in [6.07, 6.45) is 6.68. The van der Waals surface area contributed by atoms with Crippen LogP contribution >= 0.6 is 0 Å². The Kier molecular flexibility index (Phi) is 6.27. The summed E-state index contributed by atoms with van der Waals surface area (Å²) >= 11 is 0. The molecular formula is C30H22F4O. The molecule has 0 N–H and O–H groups in total. The number of benzene rings is 3. The molecule has 5 heteroatoms. The van der Waals surface area contributed by atoms with E-state index >= 15 is 0 Å². The van der Waals surface area contributed by atoms with Crippen LogP contribution in [0.4, 0.5) is 17.6 Å². The predicted molar refractivity (Wildman–Crippen MR) is 132 cm³/mol. The van der Waals surface area contributed by atoms with Gasteiger partial charge in [-0.25, -0.2) is 17.6 Å². The summed E-state index contributed by atoms with van der Waals surface area (Å²) in [4.78, 5) is 0. The van der Waals surface area contributed by atoms with Crippen molar-refractivity contribution in [1.82, 2.24) is 0 Å². The average Bonchev–Trinajstić information content (AvgIpc) is 3.72. The van der Waals surface area contributed by atoms with Crippen LogP contribution < -0.4 is 0 Å². The molecule has 0 aromatic heterocycles. The maximum absolute atomic E-state index is 14.9. The van der Waals surface area contributed by atoms with E-state index in [2.05, 4.69) is 6.58 Å². The van der Waals surface area contributed by atoms with Crippen LogP contribution in [-0.4, -0.2) is 12.7 Å². The van der Waals surface area contributed by atoms with E-state index in [-0.39, 0.29) is 22.8 Å². The van der Waals surface area contributed by atoms with E-state index < -0.39 is 29.2 Å². The molecule has 1 heterocycles. The van der Waals surface area contributed by atoms with Crippen molar-refractivity contribution in [1.29, 1.82) is 0 Å². The quantitative estimate of drug-likeness (QED) is 0.258. The molecule has 1 aliphatic heterocycles. The van der Waals surface area contributed by atoms with Crippen molar-refractivity contribution < 1.29 is 22.3 Å². The number of rotatable bonds is 6. The third kappa shape index (κ3) is 4.64. The van der Waals surface area contributed by atoms with E-state index in [0.717, 1.165) is 11.1 Å². The lowest BCUT2D eigenvalue weighted by Gasteiger charge is -2.17. The first-order chi connectivity index (χ1) is 17.0. The van der Waals surface area contributed by atoms with E-state index in [0.29, 0.717) is 24.2 Å². The van der Waals surface area contributed by atoms with Crippen molar-refractivity contribution in [3.8, 4) is 22.3 Å². The summed E-state index contributed by atoms with van der Waals surface area (Å²) in [7, 11) is 0. The van der Waals surface area contributed by atoms with Gasteiger partial charge in [0.05, 0.1) is 12.7 Å². The van der Waals surface area contributed by atoms with Gasteiger partial charge >= 0.3 is 0 Å². The lowest BCUT2D eigenvalue weighted by molar-refractivity contribution is 0.311. The Hall–Kier alpha value is -3.70. The summed E-state index contributed by atoms with van der Waals surface area (Å²) in [6, 6.07) is 16.9. The molecule has 5 rings (SSSR count). The molecule has 1 fully saturated rings. The Balaban J connectivity index is 1.34. The molecule has 1 aliphatic carbocycles. The standard InChI is InChI=1S/C30H22F4O/c1-2-18-3-8-20(9-4-18)23-15-16-24(29(33)28(23)32)21-10-5-19(6-11-21)7-12-22-13-14-25(26-17-35-26)30(34)27(22)31/h2-13,15-16,25-26H,1,14,17H2/b12-7+. The van der Waals surface area contributed by atoms with E-state index in [1.165, 1.54) is 6.08 Å². The van der Waals surface area contributed by atoms with Gasteiger partial charge in [-0.2, -0.15) is 0 Å². The molecule has 0 bridgehead atoms. The smallest absolute Gasteiger partial charge is 0.167 e. The molecule has 0 radical (unpaired) electrons. The summed E-state index contributed by atoms with van der Waals surface area (Å²) in [5.74, 6) is -4.01. The minimum atomic E-state index is -0.928. The number of ether oxygens (including phenoxy) is 1. The second-order valence-electron chi connectivity index (χ2n) is 8.61. The number of hydrogen-bond acceptors (Lipinski definition) is 1. The van der Waals surface area contributed by atoms with Crippen molar-refractivity contribution in [3.63, 3.8) is 0 Å². The summed E-state index contributed by atoms with van der Waals surface area (Å²) in [5, 5.41) is 0. The Labute approximate surface area is 201 Å². The molecule has 2 atom stereocenters. The maximum Gasteiger partial charge on any atom is 0.167 e. The van der Waals surface area contributed by atoms with Gasteiger partial charge in [0.15, 0.2) is 17.5 Å². The van der Waals surface area contributed by atoms with Crippen LogP contribution in [0, 0.1) is 17.6 Å². The van der Waals surface area contributed by atoms with E-state index in [1.54, 1.807) is 78.9 Å². The number of epoxide rings is 1. The minimum absolute atomic E-state index is 0.142. The van der Waals surface area contributed by atoms with Crippen LogP contribution in [0.15, 0.2) is 96.6 Å². The highest BCUT2D eigenvalue weighted by molar-refractivity contribution is 5.73. The lowest BCUT2D eigenvalue weighted by Crippen LogP contribution is -2.13. The topological polar surface area (TPSA) is 12.5 Å². The predicted octanol–water partition coefficient (Wildman–Crippen LogP) is 8.45. The molecule has 3 aromatic carbocycles. The third-order valence-corrected chi connectivity index (χ3v) is 6.40. The Bertz CT molecular complexity index is 1360. The normalized spacial score (nSPS) is 19.7. The van der Waals surface area contributed by atoms with Crippen molar-refractivity contribution in [2.45, 2.75) is 12.5 Å². The number of allylic oxidation sites excluding steroid dienone is 4. The summed E-state index contributed by atoms with van der Waals surface area (Å²) in [6.45, 7) is 4.15. The van der Waals surface area contributed by atoms with Crippen LogP contribution in [-0.2, 0) is 4.74 Å². The van der Waals surface area contributed by atoms with Gasteiger partial charge in [0.25, 0.3) is 0 Å². The van der Waals surface area contributed by atoms with Crippen LogP contribution in [0.25, 0.3) is 34.4 Å². The molecule has 2 aliphatic rings. The maximum atomic E-state index is 14.9. The van der Waals surface area contributed by atoms with Crippen molar-refractivity contribution >= 4 is 12.2 Å². The number of hydrogen-bond donors (Lipinski definition) is 0. The van der Waals surface area contributed by atoms with Gasteiger partial charge in [-0.1, -0.05) is 91.5 Å². The van der Waals surface area contributed by atoms with Crippen molar-refractivity contribution in [2.75, 3.05) is 6.61 Å². The van der Waals surface area contributed by atoms with Gasteiger partial charge in [0.1, 0.15) is 5.83 Å². The first-order valence-corrected chi connectivity index (χ1v) is 11.3. The lowest BCUT2D eigenvalue weighted by atomic mass is 9.91. The monoisotopic (exact) mass is 474 g/mol. The van der Waals surface area contributed by atoms with Gasteiger partial charge < -0.3 is 4.74 Å². The zero-order chi connectivity index (χ0) is 24.5. The van der Waals surface area contributed by atoms with Gasteiger partial charge in [-0.3, -0.25) is 0 Å². The van der Waals surface area contributed by atoms with Crippen LogP contribution in [0.5, 0.6) is 0 Å². The average molecular weight is 474 g/mol. The number of halogens is 4. The fourth-order valence-electron chi connectivity index (χ4n) is 4.25. The summed E-state index contributed by atoms with van der Waals surface area (Å²) < 4.78 is 63.6. The highest BCUT2D eigenvalue weighted by Crippen LogP contribution is 2.39. The van der Waals surface area contributed by atoms with Gasteiger partial charge in [0.2, 0.25) is 0 Å². The molecule has 0 spiro atoms. The highest BCUT2D eigenvalue weighted by Gasteiger charge is 2.38. The minimum Gasteiger partial charge on any atom is -0.372 e. The molecule has 1 nitrogen and oxygen atoms in total. The second kappa shape index (κ2) is 9.51. The van der Waals surface area contributed by atoms with Crippen LogP contribution in [0.3, 0.4) is 0 Å². The molecule has 35 heavy (non-hydrogen) atoms. The zero-order valence-electron chi connectivity index (χ0n) is 18.8. The van der Waals surface area contributed by atoms with E-state index in [9.17, 15) is 17.6 Å². The molecule has 0 saturated carbocycles. The second-order valence-corrected chi connectivity index (χ2v) is 8.61. The Morgan fingerprint density at radius 3 is 1.80 bits per heavy atom. The first-order valence-electron chi connectivity index (χ1n) is 11.3. The van der Waals surface area contributed by atoms with Crippen molar-refractivity contribution in [2.24, 2.45) is 5.92 Å². The van der Waals surface area contributed by atoms with Gasteiger partial charge in [-0.05, 0) is 28.7 Å². The highest BCUT2D eigenvalue weighted by atomic mass is 19.2. The molecule has 1 saturated heterocycles. The largest absolute Gasteiger partial charge is 0.372 e. The molecule has 2 unspecified atom stereocenters. The fraction of sp³-hybridized carbons (Fsp3) is 0.133. The molecule has 0 amide bonds. The molecule has 3 aromatic rings. The molecule has 176 valence electrons. The fourth-order valence-corrected chi connectivity index (χ4v) is 4.25. The first kappa shape index (κ1) is 23.1. The summed E-state index contributed by atoms with van der Waals surface area (Å²) in [5.41, 5.74) is 3.20. The Morgan fingerprint density at radius 2 is 1.29 bits per heavy atom.